The summed E-state index contributed by atoms with van der Waals surface area (Å²) in [5, 5.41) is 8.85. The second-order valence-electron chi connectivity index (χ2n) is 1.81. The Hall–Kier alpha value is 0.885. The summed E-state index contributed by atoms with van der Waals surface area (Å²) in [6.45, 7) is 0. The van der Waals surface area contributed by atoms with Crippen LogP contribution in [0.3, 0.4) is 0 Å². The standard InChI is InChI=1S/C6H7ClO2.La/c7-9-6-3-1-5(8)2-4-6;/h1-6,8H;. The zero-order chi connectivity index (χ0) is 6.69. The fourth-order valence-corrected chi connectivity index (χ4v) is 0.753. The maximum Gasteiger partial charge on any atom is 0.116 e. The smallest absolute Gasteiger partial charge is 0.116 e. The van der Waals surface area contributed by atoms with Gasteiger partial charge in [-0.2, -0.15) is 0 Å². The van der Waals surface area contributed by atoms with E-state index in [9.17, 15) is 0 Å². The number of aliphatic hydroxyl groups excluding tert-OH is 1. The van der Waals surface area contributed by atoms with Gasteiger partial charge < -0.3 is 5.11 Å². The fourth-order valence-electron chi connectivity index (χ4n) is 0.634. The van der Waals surface area contributed by atoms with Crippen molar-refractivity contribution in [3.63, 3.8) is 0 Å². The average molecular weight is 285 g/mol. The summed E-state index contributed by atoms with van der Waals surface area (Å²) in [6.07, 6.45) is 5.96. The molecule has 1 radical (unpaired) electrons. The fraction of sp³-hybridized carbons (Fsp3) is 0.333. The maximum atomic E-state index is 8.85. The minimum Gasteiger partial charge on any atom is -0.385 e. The van der Waals surface area contributed by atoms with Crippen LogP contribution < -0.4 is 0 Å². The Morgan fingerprint density at radius 2 is 1.70 bits per heavy atom. The van der Waals surface area contributed by atoms with E-state index in [1.807, 2.05) is 0 Å². The number of aliphatic hydroxyl groups is 1. The molecule has 0 bridgehead atoms. The molecule has 10 heavy (non-hydrogen) atoms. The first-order chi connectivity index (χ1) is 4.33. The summed E-state index contributed by atoms with van der Waals surface area (Å²) < 4.78 is 4.43. The normalized spacial score (nSPS) is 29.8. The van der Waals surface area contributed by atoms with Crippen LogP contribution in [-0.2, 0) is 4.29 Å². The van der Waals surface area contributed by atoms with E-state index in [1.54, 1.807) is 24.3 Å². The Bertz CT molecular complexity index is 133. The first-order valence-corrected chi connectivity index (χ1v) is 2.96. The average Bonchev–Trinajstić information content (AvgIpc) is 1.90. The van der Waals surface area contributed by atoms with Crippen LogP contribution in [0.25, 0.3) is 0 Å². The Kier molecular flexibility index (Phi) is 6.01. The van der Waals surface area contributed by atoms with Crippen molar-refractivity contribution in [3.05, 3.63) is 24.3 Å². The Balaban J connectivity index is 0.000000810. The van der Waals surface area contributed by atoms with Gasteiger partial charge in [0.05, 0.1) is 18.0 Å². The van der Waals surface area contributed by atoms with E-state index in [1.165, 1.54) is 0 Å². The molecular formula is C6H7ClLaO2. The predicted octanol–water partition coefficient (Wildman–Crippen LogP) is 1.01. The van der Waals surface area contributed by atoms with E-state index in [0.717, 1.165) is 0 Å². The second kappa shape index (κ2) is 5.52. The zero-order valence-electron chi connectivity index (χ0n) is 5.27. The summed E-state index contributed by atoms with van der Waals surface area (Å²) in [5.74, 6) is 0. The van der Waals surface area contributed by atoms with Crippen molar-refractivity contribution in [2.24, 2.45) is 0 Å². The molecular weight excluding hydrogens is 278 g/mol. The van der Waals surface area contributed by atoms with Gasteiger partial charge in [0.1, 0.15) is 6.10 Å². The number of hydrogen-bond donors (Lipinski definition) is 1. The first kappa shape index (κ1) is 10.9. The maximum absolute atomic E-state index is 8.85. The molecule has 0 aromatic heterocycles. The van der Waals surface area contributed by atoms with Crippen LogP contribution >= 0.6 is 11.9 Å². The van der Waals surface area contributed by atoms with Crippen LogP contribution in [-0.4, -0.2) is 17.3 Å². The molecule has 1 rings (SSSR count). The number of hydrogen-bond acceptors (Lipinski definition) is 2. The number of rotatable bonds is 1. The molecule has 1 N–H and O–H groups in total. The van der Waals surface area contributed by atoms with Crippen LogP contribution in [0.15, 0.2) is 24.3 Å². The molecule has 53 valence electrons. The molecule has 0 aromatic carbocycles. The van der Waals surface area contributed by atoms with Crippen LogP contribution in [0.5, 0.6) is 0 Å². The molecule has 1 aliphatic rings. The predicted molar refractivity (Wildman–Crippen MR) is 35.0 cm³/mol. The van der Waals surface area contributed by atoms with E-state index in [-0.39, 0.29) is 41.7 Å². The van der Waals surface area contributed by atoms with Gasteiger partial charge in [-0.1, -0.05) is 24.3 Å². The van der Waals surface area contributed by atoms with Crippen molar-refractivity contribution in [2.45, 2.75) is 12.2 Å². The van der Waals surface area contributed by atoms with E-state index < -0.39 is 6.10 Å². The molecule has 0 heterocycles. The van der Waals surface area contributed by atoms with Gasteiger partial charge in [0.2, 0.25) is 0 Å². The Morgan fingerprint density at radius 1 is 1.20 bits per heavy atom. The van der Waals surface area contributed by atoms with Crippen LogP contribution in [0, 0.1) is 35.6 Å². The minimum absolute atomic E-state index is 0. The van der Waals surface area contributed by atoms with Crippen molar-refractivity contribution >= 4 is 11.9 Å². The van der Waals surface area contributed by atoms with E-state index >= 15 is 0 Å². The molecule has 0 spiro atoms. The minimum atomic E-state index is -0.479. The van der Waals surface area contributed by atoms with Gasteiger partial charge >= 0.3 is 0 Å². The molecule has 0 unspecified atom stereocenters. The van der Waals surface area contributed by atoms with Gasteiger partial charge in [0, 0.05) is 35.6 Å². The molecule has 2 nitrogen and oxygen atoms in total. The van der Waals surface area contributed by atoms with Gasteiger partial charge in [0.25, 0.3) is 0 Å². The Morgan fingerprint density at radius 3 is 2.10 bits per heavy atom. The van der Waals surface area contributed by atoms with Crippen molar-refractivity contribution in [1.29, 1.82) is 0 Å². The van der Waals surface area contributed by atoms with Gasteiger partial charge in [-0.15, -0.1) is 0 Å². The molecule has 4 heteroatoms. The number of halogens is 1. The van der Waals surface area contributed by atoms with Crippen molar-refractivity contribution in [3.8, 4) is 0 Å². The monoisotopic (exact) mass is 285 g/mol. The van der Waals surface area contributed by atoms with Gasteiger partial charge in [0.15, 0.2) is 0 Å². The van der Waals surface area contributed by atoms with Crippen molar-refractivity contribution in [1.82, 2.24) is 0 Å². The summed E-state index contributed by atoms with van der Waals surface area (Å²) in [4.78, 5) is 0. The third-order valence-electron chi connectivity index (χ3n) is 1.10. The third-order valence-corrected chi connectivity index (χ3v) is 1.30. The summed E-state index contributed by atoms with van der Waals surface area (Å²) >= 11 is 5.04. The quantitative estimate of drug-likeness (QED) is 0.729. The molecule has 0 atom stereocenters. The summed E-state index contributed by atoms with van der Waals surface area (Å²) in [5.41, 5.74) is 0. The van der Waals surface area contributed by atoms with Gasteiger partial charge in [-0.25, -0.2) is 0 Å². The first-order valence-electron chi connectivity index (χ1n) is 2.65. The van der Waals surface area contributed by atoms with Crippen LogP contribution in [0.2, 0.25) is 0 Å². The Labute approximate surface area is 92.7 Å². The second-order valence-corrected chi connectivity index (χ2v) is 1.99. The van der Waals surface area contributed by atoms with Gasteiger partial charge in [-0.3, -0.25) is 4.29 Å². The van der Waals surface area contributed by atoms with Crippen LogP contribution in [0.4, 0.5) is 0 Å². The topological polar surface area (TPSA) is 29.5 Å². The SMILES string of the molecule is OC1C=CC(OCl)C=C1.[La]. The largest absolute Gasteiger partial charge is 0.385 e. The molecule has 0 amide bonds. The molecule has 0 saturated carbocycles. The summed E-state index contributed by atoms with van der Waals surface area (Å²) in [7, 11) is 0. The third kappa shape index (κ3) is 3.33. The van der Waals surface area contributed by atoms with E-state index in [0.29, 0.717) is 0 Å². The van der Waals surface area contributed by atoms with Crippen LogP contribution in [0.1, 0.15) is 0 Å². The molecule has 1 aliphatic carbocycles. The molecule has 0 aromatic rings. The van der Waals surface area contributed by atoms with Gasteiger partial charge in [-0.05, 0) is 0 Å². The van der Waals surface area contributed by atoms with Crippen molar-refractivity contribution in [2.75, 3.05) is 0 Å². The molecule has 0 saturated heterocycles. The van der Waals surface area contributed by atoms with E-state index in [4.69, 9.17) is 17.0 Å². The van der Waals surface area contributed by atoms with Crippen molar-refractivity contribution < 1.29 is 45.0 Å². The van der Waals surface area contributed by atoms with E-state index in [2.05, 4.69) is 4.29 Å². The summed E-state index contributed by atoms with van der Waals surface area (Å²) in [6, 6.07) is 0. The molecule has 0 fully saturated rings. The molecule has 0 aliphatic heterocycles. The zero-order valence-corrected chi connectivity index (χ0v) is 9.66.